The van der Waals surface area contributed by atoms with Gasteiger partial charge in [0.15, 0.2) is 0 Å². The smallest absolute Gasteiger partial charge is 0.147 e. The van der Waals surface area contributed by atoms with Crippen LogP contribution in [0.5, 0.6) is 0 Å². The lowest BCUT2D eigenvalue weighted by Crippen LogP contribution is -1.95. The van der Waals surface area contributed by atoms with E-state index in [1.165, 1.54) is 0 Å². The van der Waals surface area contributed by atoms with Crippen LogP contribution < -0.4 is 5.30 Å². The zero-order valence-corrected chi connectivity index (χ0v) is 9.09. The lowest BCUT2D eigenvalue weighted by atomic mass is 10.2. The number of benzene rings is 1. The molecule has 0 aromatic heterocycles. The number of hydrogen-bond acceptors (Lipinski definition) is 2. The molecule has 0 N–H and O–H groups in total. The summed E-state index contributed by atoms with van der Waals surface area (Å²) >= 11 is 16.4. The molecule has 0 amide bonds. The lowest BCUT2D eigenvalue weighted by Gasteiger charge is -2.03. The predicted molar refractivity (Wildman–Crippen MR) is 56.8 cm³/mol. The standard InChI is InChI=1S/C7H4Cl2NPS/c8-11(9,12)7-3-1-6(5-10)2-4-7/h1-4H. The highest BCUT2D eigenvalue weighted by Gasteiger charge is 2.10. The maximum absolute atomic E-state index is 8.50. The monoisotopic (exact) mass is 235 g/mol. The van der Waals surface area contributed by atoms with Crippen molar-refractivity contribution in [3.8, 4) is 6.07 Å². The topological polar surface area (TPSA) is 23.8 Å². The fraction of sp³-hybridized carbons (Fsp3) is 0. The van der Waals surface area contributed by atoms with Gasteiger partial charge in [-0.3, -0.25) is 0 Å². The minimum absolute atomic E-state index is 0.579. The lowest BCUT2D eigenvalue weighted by molar-refractivity contribution is 1.49. The molecule has 0 aliphatic heterocycles. The molecule has 1 nitrogen and oxygen atoms in total. The summed E-state index contributed by atoms with van der Waals surface area (Å²) in [5.41, 5.74) is 0.579. The van der Waals surface area contributed by atoms with E-state index in [9.17, 15) is 0 Å². The van der Waals surface area contributed by atoms with Crippen LogP contribution in [0.4, 0.5) is 0 Å². The first-order valence-corrected chi connectivity index (χ1v) is 7.65. The highest BCUT2D eigenvalue weighted by atomic mass is 35.9. The molecule has 12 heavy (non-hydrogen) atoms. The van der Waals surface area contributed by atoms with Crippen molar-refractivity contribution >= 4 is 44.3 Å². The first kappa shape index (κ1) is 10.0. The molecule has 0 atom stereocenters. The Kier molecular flexibility index (Phi) is 3.15. The normalized spacial score (nSPS) is 10.8. The maximum Gasteiger partial charge on any atom is 0.147 e. The molecule has 0 aliphatic rings. The van der Waals surface area contributed by atoms with E-state index in [1.54, 1.807) is 24.3 Å². The Bertz CT molecular complexity index is 362. The summed E-state index contributed by atoms with van der Waals surface area (Å²) < 4.78 is -2.38. The fourth-order valence-corrected chi connectivity index (χ4v) is 2.25. The van der Waals surface area contributed by atoms with Gasteiger partial charge in [0.1, 0.15) is 4.74 Å². The minimum Gasteiger partial charge on any atom is -0.192 e. The zero-order valence-electron chi connectivity index (χ0n) is 5.87. The number of nitriles is 1. The number of nitrogens with zero attached hydrogens (tertiary/aromatic N) is 1. The molecule has 0 saturated heterocycles. The van der Waals surface area contributed by atoms with Crippen LogP contribution in [-0.4, -0.2) is 0 Å². The second-order valence-corrected chi connectivity index (χ2v) is 9.97. The van der Waals surface area contributed by atoms with E-state index in [4.69, 9.17) is 39.6 Å². The molecule has 62 valence electrons. The molecule has 1 aromatic carbocycles. The van der Waals surface area contributed by atoms with Gasteiger partial charge in [-0.15, -0.1) is 0 Å². The average Bonchev–Trinajstić information content (AvgIpc) is 2.03. The molecule has 0 radical (unpaired) electrons. The summed E-state index contributed by atoms with van der Waals surface area (Å²) in [6.07, 6.45) is 0. The zero-order chi connectivity index (χ0) is 9.19. The van der Waals surface area contributed by atoms with Gasteiger partial charge in [-0.2, -0.15) is 5.26 Å². The van der Waals surface area contributed by atoms with Gasteiger partial charge in [0.2, 0.25) is 0 Å². The van der Waals surface area contributed by atoms with Gasteiger partial charge < -0.3 is 0 Å². The van der Waals surface area contributed by atoms with Crippen molar-refractivity contribution in [2.24, 2.45) is 0 Å². The average molecular weight is 236 g/mol. The van der Waals surface area contributed by atoms with E-state index in [2.05, 4.69) is 0 Å². The highest BCUT2D eigenvalue weighted by Crippen LogP contribution is 2.55. The molecular weight excluding hydrogens is 232 g/mol. The number of halogens is 2. The Balaban J connectivity index is 3.11. The Hall–Kier alpha value is -0.0600. The van der Waals surface area contributed by atoms with Crippen LogP contribution in [-0.2, 0) is 11.8 Å². The van der Waals surface area contributed by atoms with E-state index >= 15 is 0 Å². The van der Waals surface area contributed by atoms with E-state index in [0.29, 0.717) is 5.56 Å². The van der Waals surface area contributed by atoms with Crippen molar-refractivity contribution in [3.05, 3.63) is 29.8 Å². The van der Waals surface area contributed by atoms with Gasteiger partial charge in [-0.1, -0.05) is 46.4 Å². The van der Waals surface area contributed by atoms with Crippen LogP contribution in [0.2, 0.25) is 0 Å². The second-order valence-electron chi connectivity index (χ2n) is 2.12. The molecule has 5 heteroatoms. The third-order valence-electron chi connectivity index (χ3n) is 1.30. The van der Waals surface area contributed by atoms with E-state index in [1.807, 2.05) is 6.07 Å². The van der Waals surface area contributed by atoms with Crippen molar-refractivity contribution in [1.82, 2.24) is 0 Å². The summed E-state index contributed by atoms with van der Waals surface area (Å²) in [6, 6.07) is 8.69. The Labute approximate surface area is 85.5 Å². The summed E-state index contributed by atoms with van der Waals surface area (Å²) in [5, 5.41) is 9.22. The molecule has 1 rings (SSSR count). The third kappa shape index (κ3) is 2.47. The van der Waals surface area contributed by atoms with E-state index in [0.717, 1.165) is 5.30 Å². The molecule has 0 saturated carbocycles. The number of rotatable bonds is 1. The first-order chi connectivity index (χ1) is 5.54. The van der Waals surface area contributed by atoms with E-state index < -0.39 is 4.74 Å². The molecule has 1 aromatic rings. The minimum atomic E-state index is -2.38. The van der Waals surface area contributed by atoms with E-state index in [-0.39, 0.29) is 0 Å². The predicted octanol–water partition coefficient (Wildman–Crippen LogP) is 2.97. The second kappa shape index (κ2) is 3.77. The van der Waals surface area contributed by atoms with Crippen molar-refractivity contribution in [2.75, 3.05) is 0 Å². The SMILES string of the molecule is N#Cc1ccc(P(=S)(Cl)Cl)cc1. The molecular formula is C7H4Cl2NPS. The molecule has 0 bridgehead atoms. The quantitative estimate of drug-likeness (QED) is 0.700. The van der Waals surface area contributed by atoms with Crippen molar-refractivity contribution < 1.29 is 0 Å². The van der Waals surface area contributed by atoms with Crippen LogP contribution in [0.1, 0.15) is 5.56 Å². The molecule has 0 fully saturated rings. The largest absolute Gasteiger partial charge is 0.192 e. The third-order valence-corrected chi connectivity index (χ3v) is 4.00. The molecule has 0 spiro atoms. The summed E-state index contributed by atoms with van der Waals surface area (Å²) in [4.78, 5) is 0. The Morgan fingerprint density at radius 2 is 1.75 bits per heavy atom. The van der Waals surface area contributed by atoms with Gasteiger partial charge in [-0.25, -0.2) is 0 Å². The van der Waals surface area contributed by atoms with Gasteiger partial charge in [0, 0.05) is 5.30 Å². The molecule has 0 aliphatic carbocycles. The number of hydrogen-bond donors (Lipinski definition) is 0. The van der Waals surface area contributed by atoms with Crippen molar-refractivity contribution in [2.45, 2.75) is 0 Å². The first-order valence-electron chi connectivity index (χ1n) is 3.04. The Morgan fingerprint density at radius 1 is 1.25 bits per heavy atom. The Morgan fingerprint density at radius 3 is 2.08 bits per heavy atom. The highest BCUT2D eigenvalue weighted by molar-refractivity contribution is 8.42. The maximum atomic E-state index is 8.50. The van der Waals surface area contributed by atoms with Gasteiger partial charge in [-0.05, 0) is 12.1 Å². The van der Waals surface area contributed by atoms with Crippen LogP contribution in [0, 0.1) is 11.3 Å². The van der Waals surface area contributed by atoms with Crippen LogP contribution in [0.25, 0.3) is 0 Å². The fourth-order valence-electron chi connectivity index (χ4n) is 0.710. The summed E-state index contributed by atoms with van der Waals surface area (Å²) in [7, 11) is 0. The van der Waals surface area contributed by atoms with Gasteiger partial charge in [0.25, 0.3) is 0 Å². The molecule has 0 heterocycles. The van der Waals surface area contributed by atoms with Crippen LogP contribution >= 0.6 is 27.2 Å². The summed E-state index contributed by atoms with van der Waals surface area (Å²) in [6.45, 7) is 0. The van der Waals surface area contributed by atoms with Gasteiger partial charge >= 0.3 is 0 Å². The van der Waals surface area contributed by atoms with Crippen molar-refractivity contribution in [1.29, 1.82) is 5.26 Å². The van der Waals surface area contributed by atoms with Crippen molar-refractivity contribution in [3.63, 3.8) is 0 Å². The van der Waals surface area contributed by atoms with Crippen LogP contribution in [0.3, 0.4) is 0 Å². The molecule has 0 unspecified atom stereocenters. The summed E-state index contributed by atoms with van der Waals surface area (Å²) in [5.74, 6) is 0. The van der Waals surface area contributed by atoms with Crippen LogP contribution in [0.15, 0.2) is 24.3 Å². The van der Waals surface area contributed by atoms with Gasteiger partial charge in [0.05, 0.1) is 11.6 Å².